The van der Waals surface area contributed by atoms with Gasteiger partial charge in [0.05, 0.1) is 37.6 Å². The van der Waals surface area contributed by atoms with Crippen molar-refractivity contribution in [2.45, 2.75) is 63.5 Å². The van der Waals surface area contributed by atoms with Gasteiger partial charge in [-0.05, 0) is 24.3 Å². The molecule has 1 aromatic carbocycles. The van der Waals surface area contributed by atoms with E-state index in [0.29, 0.717) is 12.8 Å². The van der Waals surface area contributed by atoms with Gasteiger partial charge in [0.1, 0.15) is 17.9 Å². The highest BCUT2D eigenvalue weighted by molar-refractivity contribution is 6.47. The quantitative estimate of drug-likeness (QED) is 0.165. The SMILES string of the molecule is CC(C)C[C@H](NC(=O)[C@@H](CC(=O)c1cnccn1)Cc1ccccc1)B1O[C@H]([C@@H](O)CO)[C@@H]([C@@H](O)CO)O1. The third-order valence-electron chi connectivity index (χ3n) is 6.40. The number of hydrogen-bond donors (Lipinski definition) is 5. The zero-order chi connectivity index (χ0) is 27.7. The first-order chi connectivity index (χ1) is 18.2. The fraction of sp³-hybridized carbons (Fsp3) is 0.538. The summed E-state index contributed by atoms with van der Waals surface area (Å²) in [6.45, 7) is 2.63. The van der Waals surface area contributed by atoms with E-state index in [4.69, 9.17) is 9.31 Å². The molecule has 5 N–H and O–H groups in total. The first-order valence-corrected chi connectivity index (χ1v) is 12.8. The average molecular weight is 529 g/mol. The molecule has 1 amide bonds. The van der Waals surface area contributed by atoms with Gasteiger partial charge in [0.2, 0.25) is 5.91 Å². The summed E-state index contributed by atoms with van der Waals surface area (Å²) < 4.78 is 11.7. The summed E-state index contributed by atoms with van der Waals surface area (Å²) in [5.74, 6) is -2.05. The van der Waals surface area contributed by atoms with E-state index in [2.05, 4.69) is 15.3 Å². The molecule has 0 saturated carbocycles. The van der Waals surface area contributed by atoms with Crippen LogP contribution in [-0.2, 0) is 20.5 Å². The maximum Gasteiger partial charge on any atom is 0.481 e. The van der Waals surface area contributed by atoms with Crippen LogP contribution in [0, 0.1) is 11.8 Å². The molecule has 11 nitrogen and oxygen atoms in total. The molecule has 0 unspecified atom stereocenters. The lowest BCUT2D eigenvalue weighted by atomic mass is 9.73. The second-order valence-electron chi connectivity index (χ2n) is 9.92. The zero-order valence-corrected chi connectivity index (χ0v) is 21.6. The third-order valence-corrected chi connectivity index (χ3v) is 6.40. The highest BCUT2D eigenvalue weighted by atomic mass is 16.7. The van der Waals surface area contributed by atoms with Crippen LogP contribution in [0.1, 0.15) is 42.7 Å². The topological polar surface area (TPSA) is 171 Å². The lowest BCUT2D eigenvalue weighted by molar-refractivity contribution is -0.125. The van der Waals surface area contributed by atoms with Gasteiger partial charge in [-0.2, -0.15) is 0 Å². The lowest BCUT2D eigenvalue weighted by Gasteiger charge is -2.25. The number of ketones is 1. The molecular formula is C26H36BN3O8. The number of aromatic nitrogens is 2. The second-order valence-corrected chi connectivity index (χ2v) is 9.92. The summed E-state index contributed by atoms with van der Waals surface area (Å²) in [6, 6.07) is 9.34. The van der Waals surface area contributed by atoms with Crippen molar-refractivity contribution in [3.8, 4) is 0 Å². The lowest BCUT2D eigenvalue weighted by Crippen LogP contribution is -2.50. The van der Waals surface area contributed by atoms with Crippen molar-refractivity contribution in [3.63, 3.8) is 0 Å². The number of benzene rings is 1. The molecule has 12 heteroatoms. The van der Waals surface area contributed by atoms with Crippen molar-refractivity contribution in [2.24, 2.45) is 11.8 Å². The smallest absolute Gasteiger partial charge is 0.401 e. The monoisotopic (exact) mass is 529 g/mol. The maximum atomic E-state index is 13.6. The number of aliphatic hydroxyl groups excluding tert-OH is 4. The Morgan fingerprint density at radius 1 is 1.03 bits per heavy atom. The molecule has 206 valence electrons. The minimum absolute atomic E-state index is 0.0993. The Morgan fingerprint density at radius 2 is 1.66 bits per heavy atom. The number of aliphatic hydroxyl groups is 4. The summed E-state index contributed by atoms with van der Waals surface area (Å²) >= 11 is 0. The number of carbonyl (C=O) groups excluding carboxylic acids is 2. The van der Waals surface area contributed by atoms with E-state index in [1.807, 2.05) is 44.2 Å². The Labute approximate surface area is 222 Å². The minimum atomic E-state index is -1.36. The predicted octanol–water partition coefficient (Wildman–Crippen LogP) is -0.0430. The van der Waals surface area contributed by atoms with Crippen LogP contribution < -0.4 is 5.32 Å². The van der Waals surface area contributed by atoms with Gasteiger partial charge in [0.15, 0.2) is 5.78 Å². The minimum Gasteiger partial charge on any atom is -0.401 e. The Morgan fingerprint density at radius 3 is 2.18 bits per heavy atom. The van der Waals surface area contributed by atoms with E-state index in [9.17, 15) is 30.0 Å². The standard InChI is InChI=1S/C26H36BN3O8/c1-16(2)10-23(27-37-24(21(34)14-31)25(38-27)22(35)15-32)30-26(36)18(11-17-6-4-3-5-7-17)12-20(33)19-13-28-8-9-29-19/h3-9,13,16,18,21-25,31-32,34-35H,10-12,14-15H2,1-2H3,(H,30,36)/t18-,21+,22+,23+,24-,25-/m1/s1. The number of nitrogens with zero attached hydrogens (tertiary/aromatic N) is 2. The molecule has 2 aromatic rings. The maximum absolute atomic E-state index is 13.6. The third kappa shape index (κ3) is 8.13. The van der Waals surface area contributed by atoms with E-state index in [-0.39, 0.29) is 23.8 Å². The molecule has 1 aliphatic heterocycles. The van der Waals surface area contributed by atoms with Crippen molar-refractivity contribution in [2.75, 3.05) is 13.2 Å². The normalized spacial score (nSPS) is 20.7. The molecule has 0 aliphatic carbocycles. The van der Waals surface area contributed by atoms with Crippen molar-refractivity contribution in [1.82, 2.24) is 15.3 Å². The molecule has 3 rings (SSSR count). The van der Waals surface area contributed by atoms with Crippen molar-refractivity contribution in [1.29, 1.82) is 0 Å². The molecule has 1 aromatic heterocycles. The van der Waals surface area contributed by atoms with Gasteiger partial charge in [-0.3, -0.25) is 14.6 Å². The average Bonchev–Trinajstić information content (AvgIpc) is 3.38. The van der Waals surface area contributed by atoms with Gasteiger partial charge in [-0.1, -0.05) is 44.2 Å². The Kier molecular flexibility index (Phi) is 11.3. The van der Waals surface area contributed by atoms with Gasteiger partial charge in [-0.15, -0.1) is 0 Å². The molecule has 1 aliphatic rings. The number of carbonyl (C=O) groups is 2. The van der Waals surface area contributed by atoms with Gasteiger partial charge >= 0.3 is 7.12 Å². The van der Waals surface area contributed by atoms with Crippen LogP contribution in [-0.4, -0.2) is 92.8 Å². The fourth-order valence-electron chi connectivity index (χ4n) is 4.49. The predicted molar refractivity (Wildman–Crippen MR) is 138 cm³/mol. The second kappa shape index (κ2) is 14.4. The van der Waals surface area contributed by atoms with E-state index in [0.717, 1.165) is 5.56 Å². The van der Waals surface area contributed by atoms with Crippen LogP contribution in [0.5, 0.6) is 0 Å². The molecule has 1 fully saturated rings. The number of rotatable bonds is 14. The summed E-state index contributed by atoms with van der Waals surface area (Å²) in [6.07, 6.45) is -0.0816. The van der Waals surface area contributed by atoms with E-state index in [1.54, 1.807) is 0 Å². The van der Waals surface area contributed by atoms with Crippen molar-refractivity contribution >= 4 is 18.8 Å². The summed E-state index contributed by atoms with van der Waals surface area (Å²) in [4.78, 5) is 34.5. The van der Waals surface area contributed by atoms with Gasteiger partial charge in [0.25, 0.3) is 0 Å². The van der Waals surface area contributed by atoms with Crippen LogP contribution in [0.3, 0.4) is 0 Å². The van der Waals surface area contributed by atoms with E-state index >= 15 is 0 Å². The van der Waals surface area contributed by atoms with Gasteiger partial charge < -0.3 is 35.1 Å². The van der Waals surface area contributed by atoms with Gasteiger partial charge in [0, 0.05) is 24.7 Å². The van der Waals surface area contributed by atoms with Crippen LogP contribution in [0.2, 0.25) is 0 Å². The molecule has 0 spiro atoms. The van der Waals surface area contributed by atoms with Crippen LogP contribution in [0.15, 0.2) is 48.9 Å². The molecule has 0 bridgehead atoms. The number of hydrogen-bond acceptors (Lipinski definition) is 10. The highest BCUT2D eigenvalue weighted by Crippen LogP contribution is 2.27. The molecule has 6 atom stereocenters. The number of nitrogens with one attached hydrogen (secondary N) is 1. The van der Waals surface area contributed by atoms with E-state index < -0.39 is 62.5 Å². The largest absolute Gasteiger partial charge is 0.481 e. The Bertz CT molecular complexity index is 998. The van der Waals surface area contributed by atoms with Crippen molar-refractivity contribution < 1.29 is 39.3 Å². The van der Waals surface area contributed by atoms with Crippen LogP contribution in [0.25, 0.3) is 0 Å². The highest BCUT2D eigenvalue weighted by Gasteiger charge is 2.50. The van der Waals surface area contributed by atoms with Crippen molar-refractivity contribution in [3.05, 3.63) is 60.2 Å². The summed E-state index contributed by atoms with van der Waals surface area (Å²) in [5, 5.41) is 42.2. The first kappa shape index (κ1) is 29.8. The first-order valence-electron chi connectivity index (χ1n) is 12.8. The molecule has 2 heterocycles. The van der Waals surface area contributed by atoms with E-state index in [1.165, 1.54) is 18.6 Å². The zero-order valence-electron chi connectivity index (χ0n) is 21.6. The number of Topliss-reactive ketones (excluding diaryl/α,β-unsaturated/α-hetero) is 1. The number of amides is 1. The summed E-state index contributed by atoms with van der Waals surface area (Å²) in [5.41, 5.74) is 1.05. The summed E-state index contributed by atoms with van der Waals surface area (Å²) in [7, 11) is -1.06. The molecule has 38 heavy (non-hydrogen) atoms. The molecule has 1 saturated heterocycles. The Balaban J connectivity index is 1.81. The fourth-order valence-corrected chi connectivity index (χ4v) is 4.49. The molecular weight excluding hydrogens is 493 g/mol. The van der Waals surface area contributed by atoms with Crippen LogP contribution in [0.4, 0.5) is 0 Å². The van der Waals surface area contributed by atoms with Gasteiger partial charge in [-0.25, -0.2) is 4.98 Å². The molecule has 0 radical (unpaired) electrons. The Hall–Kier alpha value is -2.74. The van der Waals surface area contributed by atoms with Crippen LogP contribution >= 0.6 is 0 Å².